The van der Waals surface area contributed by atoms with Crippen molar-refractivity contribution in [1.29, 1.82) is 0 Å². The van der Waals surface area contributed by atoms with Gasteiger partial charge in [0, 0.05) is 26.7 Å². The average Bonchev–Trinajstić information content (AvgIpc) is 2.24. The molecule has 0 rings (SSSR count). The molecule has 0 aromatic heterocycles. The van der Waals surface area contributed by atoms with Gasteiger partial charge in [0.15, 0.2) is 5.96 Å². The molecule has 0 amide bonds. The molecule has 1 atom stereocenters. The van der Waals surface area contributed by atoms with Crippen molar-refractivity contribution in [3.63, 3.8) is 0 Å². The number of nitrogens with zero attached hydrogens (tertiary/aromatic N) is 1. The fourth-order valence-electron chi connectivity index (χ4n) is 1.42. The minimum absolute atomic E-state index is 0.392. The summed E-state index contributed by atoms with van der Waals surface area (Å²) in [7, 11) is 3.49. The highest BCUT2D eigenvalue weighted by atomic mass is 16.5. The first-order valence-electron chi connectivity index (χ1n) is 6.35. The van der Waals surface area contributed by atoms with Crippen LogP contribution in [0.15, 0.2) is 4.99 Å². The first-order valence-corrected chi connectivity index (χ1v) is 6.35. The van der Waals surface area contributed by atoms with Crippen LogP contribution in [0.25, 0.3) is 0 Å². The van der Waals surface area contributed by atoms with Crippen molar-refractivity contribution < 1.29 is 4.74 Å². The summed E-state index contributed by atoms with van der Waals surface area (Å²) in [5.74, 6) is 0.850. The highest BCUT2D eigenvalue weighted by Gasteiger charge is 2.13. The molecule has 0 aliphatic heterocycles. The van der Waals surface area contributed by atoms with E-state index < -0.39 is 0 Å². The average molecular weight is 243 g/mol. The lowest BCUT2D eigenvalue weighted by Gasteiger charge is -2.23. The SMILES string of the molecule is CN=C(NCCOC)NC(C)CCC(C)(C)C. The van der Waals surface area contributed by atoms with Crippen LogP contribution in [0.5, 0.6) is 0 Å². The second kappa shape index (κ2) is 8.34. The number of hydrogen-bond donors (Lipinski definition) is 2. The van der Waals surface area contributed by atoms with E-state index in [0.29, 0.717) is 18.1 Å². The summed E-state index contributed by atoms with van der Waals surface area (Å²) in [4.78, 5) is 4.18. The van der Waals surface area contributed by atoms with Gasteiger partial charge in [-0.2, -0.15) is 0 Å². The van der Waals surface area contributed by atoms with E-state index in [9.17, 15) is 0 Å². The zero-order valence-corrected chi connectivity index (χ0v) is 12.3. The van der Waals surface area contributed by atoms with Crippen molar-refractivity contribution in [2.45, 2.75) is 46.6 Å². The van der Waals surface area contributed by atoms with Gasteiger partial charge in [0.25, 0.3) is 0 Å². The van der Waals surface area contributed by atoms with Gasteiger partial charge in [-0.25, -0.2) is 0 Å². The summed E-state index contributed by atoms with van der Waals surface area (Å²) in [5.41, 5.74) is 0.392. The standard InChI is InChI=1S/C13H29N3O/c1-11(7-8-13(2,3)4)16-12(14-5)15-9-10-17-6/h11H,7-10H2,1-6H3,(H2,14,15,16). The second-order valence-electron chi connectivity index (χ2n) is 5.64. The molecule has 0 aliphatic rings. The number of hydrogen-bond acceptors (Lipinski definition) is 2. The fourth-order valence-corrected chi connectivity index (χ4v) is 1.42. The Balaban J connectivity index is 3.87. The second-order valence-corrected chi connectivity index (χ2v) is 5.64. The number of methoxy groups -OCH3 is 1. The molecule has 0 bridgehead atoms. The molecule has 0 saturated heterocycles. The minimum Gasteiger partial charge on any atom is -0.383 e. The molecule has 102 valence electrons. The highest BCUT2D eigenvalue weighted by molar-refractivity contribution is 5.79. The van der Waals surface area contributed by atoms with E-state index >= 15 is 0 Å². The third-order valence-corrected chi connectivity index (χ3v) is 2.53. The Morgan fingerprint density at radius 1 is 1.35 bits per heavy atom. The van der Waals surface area contributed by atoms with Crippen LogP contribution < -0.4 is 10.6 Å². The molecule has 1 unspecified atom stereocenters. The van der Waals surface area contributed by atoms with Crippen LogP contribution >= 0.6 is 0 Å². The van der Waals surface area contributed by atoms with Crippen LogP contribution in [0, 0.1) is 5.41 Å². The quantitative estimate of drug-likeness (QED) is 0.426. The van der Waals surface area contributed by atoms with E-state index in [2.05, 4.69) is 43.3 Å². The molecule has 0 heterocycles. The Morgan fingerprint density at radius 2 is 2.00 bits per heavy atom. The summed E-state index contributed by atoms with van der Waals surface area (Å²) in [6, 6.07) is 0.433. The zero-order valence-electron chi connectivity index (χ0n) is 12.3. The van der Waals surface area contributed by atoms with Gasteiger partial charge in [-0.15, -0.1) is 0 Å². The van der Waals surface area contributed by atoms with E-state index in [4.69, 9.17) is 4.74 Å². The molecule has 0 spiro atoms. The zero-order chi connectivity index (χ0) is 13.3. The van der Waals surface area contributed by atoms with Gasteiger partial charge in [0.05, 0.1) is 6.61 Å². The maximum absolute atomic E-state index is 4.99. The van der Waals surface area contributed by atoms with E-state index in [-0.39, 0.29) is 0 Å². The third kappa shape index (κ3) is 10.1. The smallest absolute Gasteiger partial charge is 0.191 e. The van der Waals surface area contributed by atoms with Crippen molar-refractivity contribution in [2.75, 3.05) is 27.3 Å². The Kier molecular flexibility index (Phi) is 7.96. The topological polar surface area (TPSA) is 45.7 Å². The highest BCUT2D eigenvalue weighted by Crippen LogP contribution is 2.21. The van der Waals surface area contributed by atoms with Crippen molar-refractivity contribution >= 4 is 5.96 Å². The number of guanidine groups is 1. The van der Waals surface area contributed by atoms with Gasteiger partial charge in [0.2, 0.25) is 0 Å². The summed E-state index contributed by atoms with van der Waals surface area (Å²) < 4.78 is 4.99. The molecular weight excluding hydrogens is 214 g/mol. The van der Waals surface area contributed by atoms with Gasteiger partial charge in [0.1, 0.15) is 0 Å². The molecule has 2 N–H and O–H groups in total. The van der Waals surface area contributed by atoms with Gasteiger partial charge in [-0.3, -0.25) is 4.99 Å². The number of aliphatic imine (C=N–C) groups is 1. The molecule has 0 saturated carbocycles. The first-order chi connectivity index (χ1) is 7.89. The van der Waals surface area contributed by atoms with Crippen molar-refractivity contribution in [3.8, 4) is 0 Å². The Labute approximate surface area is 106 Å². The van der Waals surface area contributed by atoms with Crippen molar-refractivity contribution in [3.05, 3.63) is 0 Å². The molecular formula is C13H29N3O. The Bertz CT molecular complexity index is 221. The van der Waals surface area contributed by atoms with Crippen molar-refractivity contribution in [2.24, 2.45) is 10.4 Å². The monoisotopic (exact) mass is 243 g/mol. The number of nitrogens with one attached hydrogen (secondary N) is 2. The van der Waals surface area contributed by atoms with E-state index in [1.807, 2.05) is 0 Å². The summed E-state index contributed by atoms with van der Waals surface area (Å²) in [6.45, 7) is 10.5. The van der Waals surface area contributed by atoms with Crippen LogP contribution in [0.4, 0.5) is 0 Å². The van der Waals surface area contributed by atoms with Gasteiger partial charge >= 0.3 is 0 Å². The molecule has 4 heteroatoms. The van der Waals surface area contributed by atoms with E-state index in [1.54, 1.807) is 14.2 Å². The normalized spacial score (nSPS) is 14.6. The Hall–Kier alpha value is -0.770. The minimum atomic E-state index is 0.392. The molecule has 0 aliphatic carbocycles. The lowest BCUT2D eigenvalue weighted by Crippen LogP contribution is -2.43. The van der Waals surface area contributed by atoms with Gasteiger partial charge in [-0.1, -0.05) is 20.8 Å². The van der Waals surface area contributed by atoms with Crippen LogP contribution in [0.1, 0.15) is 40.5 Å². The maximum atomic E-state index is 4.99. The van der Waals surface area contributed by atoms with Crippen LogP contribution in [-0.2, 0) is 4.74 Å². The summed E-state index contributed by atoms with van der Waals surface area (Å²) >= 11 is 0. The number of rotatable bonds is 6. The predicted molar refractivity (Wildman–Crippen MR) is 74.5 cm³/mol. The molecule has 0 fully saturated rings. The summed E-state index contributed by atoms with van der Waals surface area (Å²) in [5, 5.41) is 6.59. The third-order valence-electron chi connectivity index (χ3n) is 2.53. The molecule has 0 radical (unpaired) electrons. The fraction of sp³-hybridized carbons (Fsp3) is 0.923. The van der Waals surface area contributed by atoms with E-state index in [1.165, 1.54) is 6.42 Å². The summed E-state index contributed by atoms with van der Waals surface area (Å²) in [6.07, 6.45) is 2.35. The first kappa shape index (κ1) is 16.2. The lowest BCUT2D eigenvalue weighted by molar-refractivity contribution is 0.203. The Morgan fingerprint density at radius 3 is 2.47 bits per heavy atom. The van der Waals surface area contributed by atoms with Gasteiger partial charge in [-0.05, 0) is 25.2 Å². The van der Waals surface area contributed by atoms with Crippen molar-refractivity contribution in [1.82, 2.24) is 10.6 Å². The van der Waals surface area contributed by atoms with Gasteiger partial charge < -0.3 is 15.4 Å². The molecule has 17 heavy (non-hydrogen) atoms. The van der Waals surface area contributed by atoms with Crippen LogP contribution in [0.3, 0.4) is 0 Å². The predicted octanol–water partition coefficient (Wildman–Crippen LogP) is 2.01. The number of ether oxygens (including phenoxy) is 1. The van der Waals surface area contributed by atoms with Crippen LogP contribution in [0.2, 0.25) is 0 Å². The molecule has 4 nitrogen and oxygen atoms in total. The maximum Gasteiger partial charge on any atom is 0.191 e. The largest absolute Gasteiger partial charge is 0.383 e. The molecule has 0 aromatic carbocycles. The molecule has 0 aromatic rings. The lowest BCUT2D eigenvalue weighted by atomic mass is 9.89. The van der Waals surface area contributed by atoms with Crippen LogP contribution in [-0.4, -0.2) is 39.3 Å². The van der Waals surface area contributed by atoms with E-state index in [0.717, 1.165) is 18.9 Å².